The molecule has 1 saturated heterocycles. The molecule has 1 aliphatic heterocycles. The van der Waals surface area contributed by atoms with Crippen molar-refractivity contribution in [1.29, 1.82) is 0 Å². The molecule has 0 spiro atoms. The van der Waals surface area contributed by atoms with Gasteiger partial charge in [-0.05, 0) is 12.1 Å². The number of aromatic nitrogens is 1. The predicted octanol–water partition coefficient (Wildman–Crippen LogP) is 1.16. The van der Waals surface area contributed by atoms with Gasteiger partial charge in [0.15, 0.2) is 0 Å². The van der Waals surface area contributed by atoms with Crippen molar-refractivity contribution in [2.45, 2.75) is 0 Å². The van der Waals surface area contributed by atoms with E-state index in [1.54, 1.807) is 6.20 Å². The van der Waals surface area contributed by atoms with E-state index in [9.17, 15) is 0 Å². The van der Waals surface area contributed by atoms with Crippen molar-refractivity contribution in [3.05, 3.63) is 23.4 Å². The largest absolute Gasteiger partial charge is 0.353 e. The topological polar surface area (TPSA) is 30.2 Å². The van der Waals surface area contributed by atoms with Crippen LogP contribution in [0.5, 0.6) is 0 Å². The Labute approximate surface area is 82.7 Å². The molecule has 0 aromatic carbocycles. The Kier molecular flexibility index (Phi) is 2.66. The van der Waals surface area contributed by atoms with Crippen LogP contribution in [0, 0.1) is 0 Å². The molecule has 4 heteroatoms. The van der Waals surface area contributed by atoms with Crippen LogP contribution in [0.4, 0.5) is 5.82 Å². The molecule has 0 unspecified atom stereocenters. The molecule has 1 fully saturated rings. The van der Waals surface area contributed by atoms with Crippen molar-refractivity contribution < 1.29 is 0 Å². The molecule has 0 saturated carbocycles. The molecule has 69 valence electrons. The molecule has 1 aromatic rings. The number of piperazine rings is 1. The van der Waals surface area contributed by atoms with E-state index < -0.39 is 0 Å². The monoisotopic (exact) mass is 196 g/mol. The van der Waals surface area contributed by atoms with Crippen LogP contribution in [0.3, 0.4) is 0 Å². The zero-order chi connectivity index (χ0) is 9.10. The second kappa shape index (κ2) is 3.94. The van der Waals surface area contributed by atoms with Crippen LogP contribution in [-0.4, -0.2) is 31.2 Å². The standard InChI is InChI=1S/C9H11ClN3/c10-8-2-1-3-12-9(8)13-6-4-11-5-7-13/h1-3H,4-7H2. The predicted molar refractivity (Wildman–Crippen MR) is 53.3 cm³/mol. The summed E-state index contributed by atoms with van der Waals surface area (Å²) < 4.78 is 0. The van der Waals surface area contributed by atoms with E-state index in [4.69, 9.17) is 11.6 Å². The van der Waals surface area contributed by atoms with E-state index in [-0.39, 0.29) is 0 Å². The molecule has 2 heterocycles. The smallest absolute Gasteiger partial charge is 0.147 e. The minimum Gasteiger partial charge on any atom is -0.353 e. The Morgan fingerprint density at radius 2 is 2.08 bits per heavy atom. The van der Waals surface area contributed by atoms with Crippen LogP contribution in [0.25, 0.3) is 0 Å². The fourth-order valence-corrected chi connectivity index (χ4v) is 1.67. The number of anilines is 1. The van der Waals surface area contributed by atoms with Crippen LogP contribution in [-0.2, 0) is 0 Å². The Balaban J connectivity index is 2.18. The van der Waals surface area contributed by atoms with Gasteiger partial charge in [-0.15, -0.1) is 0 Å². The summed E-state index contributed by atoms with van der Waals surface area (Å²) in [7, 11) is 0. The molecule has 2 rings (SSSR count). The van der Waals surface area contributed by atoms with Gasteiger partial charge in [0.25, 0.3) is 0 Å². The first-order valence-corrected chi connectivity index (χ1v) is 4.74. The number of pyridine rings is 1. The van der Waals surface area contributed by atoms with Crippen molar-refractivity contribution in [3.8, 4) is 0 Å². The van der Waals surface area contributed by atoms with E-state index in [1.165, 1.54) is 0 Å². The SMILES string of the molecule is Clc1cccnc1N1CC[N]CC1. The average Bonchev–Trinajstić information content (AvgIpc) is 2.20. The number of rotatable bonds is 1. The van der Waals surface area contributed by atoms with Crippen molar-refractivity contribution in [1.82, 2.24) is 10.3 Å². The summed E-state index contributed by atoms with van der Waals surface area (Å²) in [5.41, 5.74) is 0. The van der Waals surface area contributed by atoms with E-state index in [1.807, 2.05) is 12.1 Å². The van der Waals surface area contributed by atoms with Crippen LogP contribution in [0.15, 0.2) is 18.3 Å². The first-order chi connectivity index (χ1) is 6.38. The second-order valence-electron chi connectivity index (χ2n) is 2.97. The highest BCUT2D eigenvalue weighted by atomic mass is 35.5. The summed E-state index contributed by atoms with van der Waals surface area (Å²) >= 11 is 6.02. The van der Waals surface area contributed by atoms with Crippen LogP contribution in [0.1, 0.15) is 0 Å². The van der Waals surface area contributed by atoms with Gasteiger partial charge in [-0.2, -0.15) is 0 Å². The molecule has 13 heavy (non-hydrogen) atoms. The van der Waals surface area contributed by atoms with Gasteiger partial charge in [-0.1, -0.05) is 11.6 Å². The number of halogens is 1. The molecule has 0 amide bonds. The van der Waals surface area contributed by atoms with Gasteiger partial charge in [0.1, 0.15) is 5.82 Å². The highest BCUT2D eigenvalue weighted by Crippen LogP contribution is 2.22. The highest BCUT2D eigenvalue weighted by molar-refractivity contribution is 6.32. The van der Waals surface area contributed by atoms with Gasteiger partial charge >= 0.3 is 0 Å². The summed E-state index contributed by atoms with van der Waals surface area (Å²) in [5, 5.41) is 5.00. The van der Waals surface area contributed by atoms with Gasteiger partial charge in [-0.25, -0.2) is 10.3 Å². The maximum atomic E-state index is 6.02. The number of nitrogens with zero attached hydrogens (tertiary/aromatic N) is 3. The zero-order valence-corrected chi connectivity index (χ0v) is 8.04. The van der Waals surface area contributed by atoms with Gasteiger partial charge in [0.2, 0.25) is 0 Å². The third-order valence-electron chi connectivity index (χ3n) is 2.09. The van der Waals surface area contributed by atoms with Crippen LogP contribution in [0.2, 0.25) is 5.02 Å². The lowest BCUT2D eigenvalue weighted by Crippen LogP contribution is -2.40. The van der Waals surface area contributed by atoms with Crippen molar-refractivity contribution in [2.75, 3.05) is 31.1 Å². The number of hydrogen-bond donors (Lipinski definition) is 0. The Morgan fingerprint density at radius 1 is 1.31 bits per heavy atom. The molecule has 0 bridgehead atoms. The normalized spacial score (nSPS) is 17.5. The van der Waals surface area contributed by atoms with E-state index in [0.717, 1.165) is 37.0 Å². The van der Waals surface area contributed by atoms with Gasteiger partial charge in [0, 0.05) is 32.4 Å². The quantitative estimate of drug-likeness (QED) is 0.675. The average molecular weight is 197 g/mol. The van der Waals surface area contributed by atoms with Gasteiger partial charge < -0.3 is 4.90 Å². The van der Waals surface area contributed by atoms with E-state index >= 15 is 0 Å². The maximum Gasteiger partial charge on any atom is 0.147 e. The molecule has 0 aliphatic carbocycles. The van der Waals surface area contributed by atoms with Crippen molar-refractivity contribution in [2.24, 2.45) is 0 Å². The molecule has 1 aliphatic rings. The van der Waals surface area contributed by atoms with Gasteiger partial charge in [-0.3, -0.25) is 0 Å². The fraction of sp³-hybridized carbons (Fsp3) is 0.444. The molecule has 0 atom stereocenters. The maximum absolute atomic E-state index is 6.02. The van der Waals surface area contributed by atoms with Crippen molar-refractivity contribution >= 4 is 17.4 Å². The lowest BCUT2D eigenvalue weighted by atomic mass is 10.3. The summed E-state index contributed by atoms with van der Waals surface area (Å²) in [5.74, 6) is 0.888. The van der Waals surface area contributed by atoms with E-state index in [2.05, 4.69) is 15.2 Å². The Hall–Kier alpha value is -0.800. The summed E-state index contributed by atoms with van der Waals surface area (Å²) in [4.78, 5) is 6.43. The molecular weight excluding hydrogens is 186 g/mol. The Morgan fingerprint density at radius 3 is 2.77 bits per heavy atom. The molecule has 3 nitrogen and oxygen atoms in total. The minimum absolute atomic E-state index is 0.726. The molecule has 0 N–H and O–H groups in total. The zero-order valence-electron chi connectivity index (χ0n) is 7.28. The molecule has 1 radical (unpaired) electrons. The molecule has 1 aromatic heterocycles. The lowest BCUT2D eigenvalue weighted by Gasteiger charge is -2.27. The number of hydrogen-bond acceptors (Lipinski definition) is 2. The summed E-state index contributed by atoms with van der Waals surface area (Å²) in [6, 6.07) is 3.72. The van der Waals surface area contributed by atoms with Crippen LogP contribution >= 0.6 is 11.6 Å². The minimum atomic E-state index is 0.726. The second-order valence-corrected chi connectivity index (χ2v) is 3.37. The third kappa shape index (κ3) is 1.92. The third-order valence-corrected chi connectivity index (χ3v) is 2.39. The lowest BCUT2D eigenvalue weighted by molar-refractivity contribution is 0.575. The first kappa shape index (κ1) is 8.78. The van der Waals surface area contributed by atoms with E-state index in [0.29, 0.717) is 0 Å². The molecular formula is C9H11ClN3. The first-order valence-electron chi connectivity index (χ1n) is 4.36. The van der Waals surface area contributed by atoms with Crippen molar-refractivity contribution in [3.63, 3.8) is 0 Å². The summed E-state index contributed by atoms with van der Waals surface area (Å²) in [6.45, 7) is 3.62. The van der Waals surface area contributed by atoms with Crippen LogP contribution < -0.4 is 10.2 Å². The fourth-order valence-electron chi connectivity index (χ4n) is 1.43. The van der Waals surface area contributed by atoms with Gasteiger partial charge in [0.05, 0.1) is 5.02 Å². The summed E-state index contributed by atoms with van der Waals surface area (Å²) in [6.07, 6.45) is 1.77. The highest BCUT2D eigenvalue weighted by Gasteiger charge is 2.14. The Bertz CT molecular complexity index is 284.